The molecule has 2 rings (SSSR count). The molecule has 2 heterocycles. The zero-order valence-corrected chi connectivity index (χ0v) is 9.33. The molecule has 4 heteroatoms. The van der Waals surface area contributed by atoms with Gasteiger partial charge in [-0.2, -0.15) is 11.8 Å². The lowest BCUT2D eigenvalue weighted by Crippen LogP contribution is -2.31. The average molecular weight is 214 g/mol. The lowest BCUT2D eigenvalue weighted by Gasteiger charge is -2.16. The van der Waals surface area contributed by atoms with Gasteiger partial charge >= 0.3 is 0 Å². The number of hydrogen-bond acceptors (Lipinski definition) is 4. The zero-order chi connectivity index (χ0) is 9.10. The first-order chi connectivity index (χ1) is 6.36. The maximum atomic E-state index is 4.31. The van der Waals surface area contributed by atoms with E-state index in [9.17, 15) is 0 Å². The Morgan fingerprint density at radius 2 is 2.62 bits per heavy atom. The Hall–Kier alpha value is -0.0600. The van der Waals surface area contributed by atoms with E-state index in [4.69, 9.17) is 0 Å². The Balaban J connectivity index is 1.87. The van der Waals surface area contributed by atoms with Gasteiger partial charge in [-0.15, -0.1) is 11.3 Å². The first kappa shape index (κ1) is 9.49. The van der Waals surface area contributed by atoms with Crippen molar-refractivity contribution in [1.82, 2.24) is 10.3 Å². The van der Waals surface area contributed by atoms with Crippen molar-refractivity contribution in [1.29, 1.82) is 0 Å². The highest BCUT2D eigenvalue weighted by Gasteiger charge is 2.18. The fourth-order valence-electron chi connectivity index (χ4n) is 1.54. The van der Waals surface area contributed by atoms with Gasteiger partial charge < -0.3 is 5.32 Å². The molecule has 1 aromatic heterocycles. The van der Waals surface area contributed by atoms with Crippen LogP contribution in [0.5, 0.6) is 0 Å². The molecule has 0 amide bonds. The van der Waals surface area contributed by atoms with Gasteiger partial charge in [-0.05, 0) is 19.1 Å². The average Bonchev–Trinajstić information content (AvgIpc) is 2.74. The molecule has 2 atom stereocenters. The van der Waals surface area contributed by atoms with Crippen LogP contribution in [0.4, 0.5) is 0 Å². The van der Waals surface area contributed by atoms with Crippen LogP contribution in [0.3, 0.4) is 0 Å². The van der Waals surface area contributed by atoms with Crippen molar-refractivity contribution in [2.45, 2.75) is 25.4 Å². The molecule has 0 radical (unpaired) electrons. The summed E-state index contributed by atoms with van der Waals surface area (Å²) in [4.78, 5) is 4.31. The van der Waals surface area contributed by atoms with E-state index in [0.717, 1.165) is 0 Å². The third-order valence-electron chi connectivity index (χ3n) is 2.31. The summed E-state index contributed by atoms with van der Waals surface area (Å²) in [6, 6.07) is 1.11. The third kappa shape index (κ3) is 2.45. The first-order valence-electron chi connectivity index (χ1n) is 4.58. The van der Waals surface area contributed by atoms with Crippen LogP contribution in [0.15, 0.2) is 10.9 Å². The van der Waals surface area contributed by atoms with Crippen LogP contribution in [0, 0.1) is 0 Å². The normalized spacial score (nSPS) is 24.8. The molecular weight excluding hydrogens is 200 g/mol. The van der Waals surface area contributed by atoms with Crippen molar-refractivity contribution < 1.29 is 0 Å². The molecule has 1 N–H and O–H groups in total. The van der Waals surface area contributed by atoms with Crippen LogP contribution in [0.1, 0.15) is 25.1 Å². The van der Waals surface area contributed by atoms with Crippen molar-refractivity contribution in [3.63, 3.8) is 0 Å². The molecule has 0 aliphatic carbocycles. The number of aromatic nitrogens is 1. The maximum Gasteiger partial charge on any atom is 0.0795 e. The summed E-state index contributed by atoms with van der Waals surface area (Å²) >= 11 is 3.71. The molecule has 0 spiro atoms. The summed E-state index contributed by atoms with van der Waals surface area (Å²) < 4.78 is 0. The third-order valence-corrected chi connectivity index (χ3v) is 4.08. The lowest BCUT2D eigenvalue weighted by molar-refractivity contribution is 0.480. The Morgan fingerprint density at radius 1 is 1.69 bits per heavy atom. The molecule has 1 saturated heterocycles. The van der Waals surface area contributed by atoms with E-state index < -0.39 is 0 Å². The van der Waals surface area contributed by atoms with Crippen LogP contribution in [0.2, 0.25) is 0 Å². The standard InChI is InChI=1S/C9H14N2S2/c1-7(9-5-13-6-10-9)11-8-2-3-12-4-8/h5-8,11H,2-4H2,1H3. The number of nitrogens with zero attached hydrogens (tertiary/aromatic N) is 1. The van der Waals surface area contributed by atoms with Gasteiger partial charge in [-0.25, -0.2) is 4.98 Å². The Kier molecular flexibility index (Phi) is 3.24. The predicted molar refractivity (Wildman–Crippen MR) is 59.4 cm³/mol. The Labute approximate surface area is 87.1 Å². The molecule has 0 aromatic carbocycles. The van der Waals surface area contributed by atoms with Crippen LogP contribution in [-0.4, -0.2) is 22.5 Å². The van der Waals surface area contributed by atoms with Gasteiger partial charge in [0.2, 0.25) is 0 Å². The van der Waals surface area contributed by atoms with E-state index >= 15 is 0 Å². The summed E-state index contributed by atoms with van der Waals surface area (Å²) in [7, 11) is 0. The van der Waals surface area contributed by atoms with Gasteiger partial charge in [0.1, 0.15) is 0 Å². The van der Waals surface area contributed by atoms with E-state index in [1.165, 1.54) is 23.6 Å². The summed E-state index contributed by atoms with van der Waals surface area (Å²) in [5.41, 5.74) is 3.08. The van der Waals surface area contributed by atoms with E-state index in [2.05, 4.69) is 22.6 Å². The van der Waals surface area contributed by atoms with Crippen LogP contribution >= 0.6 is 23.1 Å². The van der Waals surface area contributed by atoms with Crippen molar-refractivity contribution in [2.75, 3.05) is 11.5 Å². The molecule has 1 aromatic rings. The van der Waals surface area contributed by atoms with Gasteiger partial charge in [0.15, 0.2) is 0 Å². The molecule has 1 fully saturated rings. The number of hydrogen-bond donors (Lipinski definition) is 1. The van der Waals surface area contributed by atoms with Gasteiger partial charge in [-0.3, -0.25) is 0 Å². The smallest absolute Gasteiger partial charge is 0.0795 e. The SMILES string of the molecule is CC(NC1CCSC1)c1cscn1. The molecular formula is C9H14N2S2. The fraction of sp³-hybridized carbons (Fsp3) is 0.667. The monoisotopic (exact) mass is 214 g/mol. The summed E-state index contributed by atoms with van der Waals surface area (Å²) in [6.45, 7) is 2.19. The summed E-state index contributed by atoms with van der Waals surface area (Å²) in [5.74, 6) is 2.57. The highest BCUT2D eigenvalue weighted by atomic mass is 32.2. The van der Waals surface area contributed by atoms with Crippen LogP contribution in [-0.2, 0) is 0 Å². The first-order valence-corrected chi connectivity index (χ1v) is 6.68. The van der Waals surface area contributed by atoms with E-state index in [1.54, 1.807) is 11.3 Å². The number of nitrogens with one attached hydrogen (secondary N) is 1. The van der Waals surface area contributed by atoms with E-state index in [1.807, 2.05) is 17.3 Å². The molecule has 1 aliphatic rings. The quantitative estimate of drug-likeness (QED) is 0.835. The minimum Gasteiger partial charge on any atom is -0.305 e. The highest BCUT2D eigenvalue weighted by molar-refractivity contribution is 7.99. The predicted octanol–water partition coefficient (Wildman–Crippen LogP) is 2.30. The minimum atomic E-state index is 0.412. The van der Waals surface area contributed by atoms with Crippen molar-refractivity contribution >= 4 is 23.1 Å². The maximum absolute atomic E-state index is 4.31. The number of thioether (sulfide) groups is 1. The molecule has 0 bridgehead atoms. The van der Waals surface area contributed by atoms with Gasteiger partial charge in [0.25, 0.3) is 0 Å². The number of rotatable bonds is 3. The van der Waals surface area contributed by atoms with Gasteiger partial charge in [0, 0.05) is 23.2 Å². The molecule has 2 unspecified atom stereocenters. The zero-order valence-electron chi connectivity index (χ0n) is 7.69. The summed E-state index contributed by atoms with van der Waals surface area (Å²) in [6.07, 6.45) is 1.30. The molecule has 0 saturated carbocycles. The minimum absolute atomic E-state index is 0.412. The second-order valence-corrected chi connectivity index (χ2v) is 5.23. The van der Waals surface area contributed by atoms with Gasteiger partial charge in [0.05, 0.1) is 11.2 Å². The number of thiazole rings is 1. The second kappa shape index (κ2) is 4.44. The highest BCUT2D eigenvalue weighted by Crippen LogP contribution is 2.20. The molecule has 13 heavy (non-hydrogen) atoms. The second-order valence-electron chi connectivity index (χ2n) is 3.36. The fourth-order valence-corrected chi connectivity index (χ4v) is 3.35. The summed E-state index contributed by atoms with van der Waals surface area (Å²) in [5, 5.41) is 5.73. The van der Waals surface area contributed by atoms with E-state index in [-0.39, 0.29) is 0 Å². The molecule has 72 valence electrons. The molecule has 1 aliphatic heterocycles. The Bertz CT molecular complexity index is 242. The van der Waals surface area contributed by atoms with Crippen molar-refractivity contribution in [3.05, 3.63) is 16.6 Å². The van der Waals surface area contributed by atoms with Gasteiger partial charge in [-0.1, -0.05) is 0 Å². The Morgan fingerprint density at radius 3 is 3.23 bits per heavy atom. The van der Waals surface area contributed by atoms with E-state index in [0.29, 0.717) is 12.1 Å². The topological polar surface area (TPSA) is 24.9 Å². The van der Waals surface area contributed by atoms with Crippen LogP contribution in [0.25, 0.3) is 0 Å². The van der Waals surface area contributed by atoms with Crippen molar-refractivity contribution in [3.8, 4) is 0 Å². The molecule has 2 nitrogen and oxygen atoms in total. The largest absolute Gasteiger partial charge is 0.305 e. The van der Waals surface area contributed by atoms with Crippen molar-refractivity contribution in [2.24, 2.45) is 0 Å². The van der Waals surface area contributed by atoms with Crippen LogP contribution < -0.4 is 5.32 Å². The lowest BCUT2D eigenvalue weighted by atomic mass is 10.2.